The Morgan fingerprint density at radius 1 is 1.27 bits per heavy atom. The van der Waals surface area contributed by atoms with E-state index < -0.39 is 0 Å². The fourth-order valence-electron chi connectivity index (χ4n) is 3.41. The molecule has 1 amide bonds. The number of H-pyrrole nitrogens is 1. The summed E-state index contributed by atoms with van der Waals surface area (Å²) in [5.41, 5.74) is 4.29. The third-order valence-electron chi connectivity index (χ3n) is 4.77. The number of ether oxygens (including phenoxy) is 1. The number of likely N-dealkylation sites (tertiary alicyclic amines) is 1. The maximum atomic E-state index is 12.9. The third kappa shape index (κ3) is 2.75. The van der Waals surface area contributed by atoms with Crippen LogP contribution in [0.4, 0.5) is 0 Å². The second-order valence-corrected chi connectivity index (χ2v) is 6.63. The highest BCUT2D eigenvalue weighted by atomic mass is 16.5. The van der Waals surface area contributed by atoms with Gasteiger partial charge in [-0.2, -0.15) is 10.2 Å². The molecule has 3 heterocycles. The van der Waals surface area contributed by atoms with Crippen molar-refractivity contribution in [3.8, 4) is 17.0 Å². The number of carbonyl (C=O) groups is 1. The highest BCUT2D eigenvalue weighted by Crippen LogP contribution is 2.29. The summed E-state index contributed by atoms with van der Waals surface area (Å²) >= 11 is 0. The number of amides is 1. The number of hydrogen-bond donors (Lipinski definition) is 1. The van der Waals surface area contributed by atoms with Crippen molar-refractivity contribution in [1.29, 1.82) is 0 Å². The SMILES string of the molecule is COc1cccc(-c2[nH]ncc2C(=O)N2CC(n3nc(C)cc3C)C2)c1. The Balaban J connectivity index is 1.52. The van der Waals surface area contributed by atoms with Crippen molar-refractivity contribution >= 4 is 5.91 Å². The van der Waals surface area contributed by atoms with Gasteiger partial charge in [-0.05, 0) is 32.0 Å². The first-order valence-electron chi connectivity index (χ1n) is 8.56. The van der Waals surface area contributed by atoms with Crippen LogP contribution < -0.4 is 4.74 Å². The van der Waals surface area contributed by atoms with Gasteiger partial charge in [0.2, 0.25) is 0 Å². The van der Waals surface area contributed by atoms with Crippen LogP contribution in [0.2, 0.25) is 0 Å². The molecular formula is C19H21N5O2. The second-order valence-electron chi connectivity index (χ2n) is 6.63. The molecule has 0 radical (unpaired) electrons. The lowest BCUT2D eigenvalue weighted by Gasteiger charge is -2.39. The van der Waals surface area contributed by atoms with Gasteiger partial charge in [-0.25, -0.2) is 0 Å². The maximum Gasteiger partial charge on any atom is 0.257 e. The van der Waals surface area contributed by atoms with E-state index >= 15 is 0 Å². The summed E-state index contributed by atoms with van der Waals surface area (Å²) in [7, 11) is 1.62. The molecule has 0 spiro atoms. The van der Waals surface area contributed by atoms with Crippen molar-refractivity contribution in [2.24, 2.45) is 0 Å². The molecule has 7 heteroatoms. The first-order valence-corrected chi connectivity index (χ1v) is 8.56. The zero-order chi connectivity index (χ0) is 18.3. The van der Waals surface area contributed by atoms with Crippen molar-refractivity contribution in [1.82, 2.24) is 24.9 Å². The van der Waals surface area contributed by atoms with Crippen LogP contribution in [-0.4, -0.2) is 51.0 Å². The Morgan fingerprint density at radius 2 is 2.08 bits per heavy atom. The van der Waals surface area contributed by atoms with Crippen LogP contribution in [0.15, 0.2) is 36.5 Å². The average molecular weight is 351 g/mol. The fraction of sp³-hybridized carbons (Fsp3) is 0.316. The number of aromatic nitrogens is 4. The maximum absolute atomic E-state index is 12.9. The summed E-state index contributed by atoms with van der Waals surface area (Å²) in [4.78, 5) is 14.7. The van der Waals surface area contributed by atoms with E-state index in [1.807, 2.05) is 47.7 Å². The van der Waals surface area contributed by atoms with Gasteiger partial charge in [0, 0.05) is 24.3 Å². The van der Waals surface area contributed by atoms with Crippen molar-refractivity contribution < 1.29 is 9.53 Å². The molecule has 4 rings (SSSR count). The molecule has 0 unspecified atom stereocenters. The highest BCUT2D eigenvalue weighted by Gasteiger charge is 2.35. The van der Waals surface area contributed by atoms with Gasteiger partial charge >= 0.3 is 0 Å². The van der Waals surface area contributed by atoms with Crippen LogP contribution in [0.5, 0.6) is 5.75 Å². The van der Waals surface area contributed by atoms with Crippen LogP contribution in [-0.2, 0) is 0 Å². The fourth-order valence-corrected chi connectivity index (χ4v) is 3.41. The Morgan fingerprint density at radius 3 is 2.77 bits per heavy atom. The van der Waals surface area contributed by atoms with Crippen LogP contribution in [0.1, 0.15) is 27.8 Å². The van der Waals surface area contributed by atoms with Crippen molar-refractivity contribution in [2.75, 3.05) is 20.2 Å². The third-order valence-corrected chi connectivity index (χ3v) is 4.77. The molecule has 26 heavy (non-hydrogen) atoms. The molecule has 134 valence electrons. The van der Waals surface area contributed by atoms with Gasteiger partial charge in [0.05, 0.1) is 36.3 Å². The number of nitrogens with one attached hydrogen (secondary N) is 1. The standard InChI is InChI=1S/C19H21N5O2/c1-12-7-13(2)24(22-12)15-10-23(11-15)19(25)17-9-20-21-18(17)14-5-4-6-16(8-14)26-3/h4-9,15H,10-11H2,1-3H3,(H,20,21). The average Bonchev–Trinajstić information content (AvgIpc) is 3.20. The number of hydrogen-bond acceptors (Lipinski definition) is 4. The van der Waals surface area contributed by atoms with Crippen molar-refractivity contribution in [2.45, 2.75) is 19.9 Å². The van der Waals surface area contributed by atoms with Crippen LogP contribution >= 0.6 is 0 Å². The van der Waals surface area contributed by atoms with Gasteiger partial charge in [-0.15, -0.1) is 0 Å². The zero-order valence-electron chi connectivity index (χ0n) is 15.1. The van der Waals surface area contributed by atoms with E-state index in [-0.39, 0.29) is 11.9 Å². The number of aromatic amines is 1. The Bertz CT molecular complexity index is 953. The molecule has 1 saturated heterocycles. The molecular weight excluding hydrogens is 330 g/mol. The zero-order valence-corrected chi connectivity index (χ0v) is 15.1. The van der Waals surface area contributed by atoms with E-state index in [1.54, 1.807) is 13.3 Å². The highest BCUT2D eigenvalue weighted by molar-refractivity contribution is 6.00. The molecule has 7 nitrogen and oxygen atoms in total. The summed E-state index contributed by atoms with van der Waals surface area (Å²) in [5, 5.41) is 11.5. The molecule has 1 aliphatic heterocycles. The van der Waals surface area contributed by atoms with Gasteiger partial charge in [-0.3, -0.25) is 14.6 Å². The minimum absolute atomic E-state index is 0.0191. The van der Waals surface area contributed by atoms with E-state index in [2.05, 4.69) is 21.4 Å². The van der Waals surface area contributed by atoms with E-state index in [4.69, 9.17) is 4.74 Å². The van der Waals surface area contributed by atoms with Gasteiger partial charge in [0.15, 0.2) is 0 Å². The molecule has 1 fully saturated rings. The number of carbonyl (C=O) groups excluding carboxylic acids is 1. The molecule has 0 bridgehead atoms. The van der Waals surface area contributed by atoms with Gasteiger partial charge < -0.3 is 9.64 Å². The molecule has 3 aromatic rings. The smallest absolute Gasteiger partial charge is 0.257 e. The van der Waals surface area contributed by atoms with E-state index in [0.717, 1.165) is 22.7 Å². The monoisotopic (exact) mass is 351 g/mol. The summed E-state index contributed by atoms with van der Waals surface area (Å²) in [6.07, 6.45) is 1.59. The predicted molar refractivity (Wildman–Crippen MR) is 97.2 cm³/mol. The molecule has 1 aromatic carbocycles. The summed E-state index contributed by atoms with van der Waals surface area (Å²) in [5.74, 6) is 0.721. The molecule has 1 N–H and O–H groups in total. The van der Waals surface area contributed by atoms with E-state index in [0.29, 0.717) is 24.3 Å². The van der Waals surface area contributed by atoms with E-state index in [1.165, 1.54) is 0 Å². The lowest BCUT2D eigenvalue weighted by molar-refractivity contribution is 0.0498. The lowest BCUT2D eigenvalue weighted by Crippen LogP contribution is -2.51. The van der Waals surface area contributed by atoms with Gasteiger partial charge in [0.25, 0.3) is 5.91 Å². The molecule has 1 aliphatic rings. The summed E-state index contributed by atoms with van der Waals surface area (Å²) < 4.78 is 7.28. The van der Waals surface area contributed by atoms with E-state index in [9.17, 15) is 4.79 Å². The predicted octanol–water partition coefficient (Wildman–Crippen LogP) is 2.60. The number of nitrogens with zero attached hydrogens (tertiary/aromatic N) is 4. The molecule has 0 aliphatic carbocycles. The number of rotatable bonds is 4. The largest absolute Gasteiger partial charge is 0.497 e. The minimum Gasteiger partial charge on any atom is -0.497 e. The number of benzene rings is 1. The first-order chi connectivity index (χ1) is 12.6. The van der Waals surface area contributed by atoms with Crippen molar-refractivity contribution in [3.63, 3.8) is 0 Å². The lowest BCUT2D eigenvalue weighted by atomic mass is 10.0. The first kappa shape index (κ1) is 16.4. The number of methoxy groups -OCH3 is 1. The van der Waals surface area contributed by atoms with Crippen LogP contribution in [0, 0.1) is 13.8 Å². The van der Waals surface area contributed by atoms with Gasteiger partial charge in [-0.1, -0.05) is 12.1 Å². The Labute approximate surface area is 151 Å². The molecule has 0 saturated carbocycles. The van der Waals surface area contributed by atoms with Crippen molar-refractivity contribution in [3.05, 3.63) is 53.5 Å². The molecule has 0 atom stereocenters. The van der Waals surface area contributed by atoms with Crippen LogP contribution in [0.25, 0.3) is 11.3 Å². The number of aryl methyl sites for hydroxylation is 2. The normalized spacial score (nSPS) is 14.3. The summed E-state index contributed by atoms with van der Waals surface area (Å²) in [6.45, 7) is 5.34. The topological polar surface area (TPSA) is 76.0 Å². The minimum atomic E-state index is -0.0191. The second kappa shape index (κ2) is 6.33. The van der Waals surface area contributed by atoms with Gasteiger partial charge in [0.1, 0.15) is 5.75 Å². The molecule has 2 aromatic heterocycles. The quantitative estimate of drug-likeness (QED) is 0.784. The van der Waals surface area contributed by atoms with Crippen LogP contribution in [0.3, 0.4) is 0 Å². The Hall–Kier alpha value is -3.09. The summed E-state index contributed by atoms with van der Waals surface area (Å²) in [6, 6.07) is 9.88. The Kier molecular flexibility index (Phi) is 3.99.